The van der Waals surface area contributed by atoms with Crippen LogP contribution < -0.4 is 5.32 Å². The van der Waals surface area contributed by atoms with Crippen LogP contribution in [0.15, 0.2) is 24.3 Å². The molecule has 70 heavy (non-hydrogen) atoms. The van der Waals surface area contributed by atoms with E-state index in [1.54, 1.807) is 6.08 Å². The molecule has 0 radical (unpaired) electrons. The Bertz CT molecular complexity index is 1390. The SMILES string of the molecule is CCCCCCCCCCCCCCCCCCC/C=C/CC/C=C/C(O)C(COC1OC(CO)C(OC2OC(CO)C(OC3OC(CO)C(O)C(O)C3O)C(O)C2O)C(O)C1O)NC(=O)CCCC. The topological polar surface area (TPSA) is 307 Å². The summed E-state index contributed by atoms with van der Waals surface area (Å²) in [6, 6.07) is -0.980. The van der Waals surface area contributed by atoms with E-state index in [1.165, 1.54) is 103 Å². The second kappa shape index (κ2) is 36.3. The van der Waals surface area contributed by atoms with Crippen molar-refractivity contribution in [2.24, 2.45) is 0 Å². The molecule has 3 aliphatic heterocycles. The highest BCUT2D eigenvalue weighted by molar-refractivity contribution is 5.76. The van der Waals surface area contributed by atoms with Crippen LogP contribution in [-0.4, -0.2) is 193 Å². The molecule has 19 heteroatoms. The molecule has 3 rings (SSSR count). The summed E-state index contributed by atoms with van der Waals surface area (Å²) in [7, 11) is 0. The van der Waals surface area contributed by atoms with Crippen molar-refractivity contribution in [1.82, 2.24) is 5.32 Å². The van der Waals surface area contributed by atoms with Gasteiger partial charge in [-0.25, -0.2) is 0 Å². The van der Waals surface area contributed by atoms with Crippen molar-refractivity contribution in [3.05, 3.63) is 24.3 Å². The molecule has 3 heterocycles. The molecule has 3 saturated heterocycles. The smallest absolute Gasteiger partial charge is 0.220 e. The summed E-state index contributed by atoms with van der Waals surface area (Å²) in [5, 5.41) is 119. The van der Waals surface area contributed by atoms with Crippen LogP contribution in [0.5, 0.6) is 0 Å². The van der Waals surface area contributed by atoms with E-state index < -0.39 is 124 Å². The summed E-state index contributed by atoms with van der Waals surface area (Å²) < 4.78 is 33.9. The Morgan fingerprint density at radius 1 is 0.500 bits per heavy atom. The number of allylic oxidation sites excluding steroid dienone is 3. The number of unbranched alkanes of at least 4 members (excludes halogenated alkanes) is 19. The van der Waals surface area contributed by atoms with E-state index in [1.807, 2.05) is 13.0 Å². The summed E-state index contributed by atoms with van der Waals surface area (Å²) in [5.74, 6) is -0.322. The highest BCUT2D eigenvalue weighted by Gasteiger charge is 2.53. The van der Waals surface area contributed by atoms with Gasteiger partial charge in [0, 0.05) is 6.42 Å². The van der Waals surface area contributed by atoms with Crippen LogP contribution in [0.2, 0.25) is 0 Å². The molecule has 1 amide bonds. The number of aliphatic hydroxyl groups excluding tert-OH is 11. The molecule has 0 aromatic heterocycles. The van der Waals surface area contributed by atoms with Gasteiger partial charge in [0.2, 0.25) is 5.91 Å². The molecule has 19 nitrogen and oxygen atoms in total. The number of aliphatic hydroxyl groups is 11. The minimum atomic E-state index is -1.98. The number of carbonyl (C=O) groups excluding carboxylic acids is 1. The van der Waals surface area contributed by atoms with Gasteiger partial charge in [0.25, 0.3) is 0 Å². The first-order valence-electron chi connectivity index (χ1n) is 26.6. The molecular formula is C51H93NO18. The molecular weight excluding hydrogens is 915 g/mol. The van der Waals surface area contributed by atoms with Gasteiger partial charge in [-0.15, -0.1) is 0 Å². The molecule has 0 aliphatic carbocycles. The van der Waals surface area contributed by atoms with Gasteiger partial charge in [0.15, 0.2) is 18.9 Å². The molecule has 0 bridgehead atoms. The van der Waals surface area contributed by atoms with Gasteiger partial charge in [-0.05, 0) is 32.1 Å². The second-order valence-corrected chi connectivity index (χ2v) is 19.3. The maximum Gasteiger partial charge on any atom is 0.220 e. The Hall–Kier alpha value is -1.73. The highest BCUT2D eigenvalue weighted by Crippen LogP contribution is 2.33. The number of nitrogens with one attached hydrogen (secondary N) is 1. The van der Waals surface area contributed by atoms with Gasteiger partial charge in [-0.3, -0.25) is 4.79 Å². The fourth-order valence-electron chi connectivity index (χ4n) is 9.01. The quantitative estimate of drug-likeness (QED) is 0.0314. The Morgan fingerprint density at radius 2 is 0.914 bits per heavy atom. The van der Waals surface area contributed by atoms with E-state index in [0.29, 0.717) is 12.8 Å². The van der Waals surface area contributed by atoms with Crippen molar-refractivity contribution < 1.29 is 89.4 Å². The molecule has 17 unspecified atom stereocenters. The summed E-state index contributed by atoms with van der Waals surface area (Å²) in [6.45, 7) is 1.41. The Balaban J connectivity index is 1.41. The van der Waals surface area contributed by atoms with Crippen molar-refractivity contribution >= 4 is 5.91 Å². The van der Waals surface area contributed by atoms with E-state index in [0.717, 1.165) is 25.7 Å². The maximum atomic E-state index is 12.8. The normalized spacial score (nSPS) is 32.7. The highest BCUT2D eigenvalue weighted by atomic mass is 16.8. The van der Waals surface area contributed by atoms with E-state index in [2.05, 4.69) is 24.4 Å². The molecule has 0 aromatic rings. The second-order valence-electron chi connectivity index (χ2n) is 19.3. The molecule has 0 aromatic carbocycles. The number of hydrogen-bond donors (Lipinski definition) is 12. The van der Waals surface area contributed by atoms with Gasteiger partial charge in [-0.1, -0.05) is 147 Å². The Labute approximate surface area is 416 Å². The lowest BCUT2D eigenvalue weighted by Crippen LogP contribution is -2.66. The molecule has 3 fully saturated rings. The van der Waals surface area contributed by atoms with Crippen LogP contribution in [0.25, 0.3) is 0 Å². The number of rotatable bonds is 37. The van der Waals surface area contributed by atoms with Crippen molar-refractivity contribution in [3.8, 4) is 0 Å². The van der Waals surface area contributed by atoms with Crippen molar-refractivity contribution in [2.45, 2.75) is 266 Å². The average Bonchev–Trinajstić information content (AvgIpc) is 3.36. The van der Waals surface area contributed by atoms with Crippen LogP contribution in [0, 0.1) is 0 Å². The zero-order valence-corrected chi connectivity index (χ0v) is 42.0. The third-order valence-electron chi connectivity index (χ3n) is 13.5. The van der Waals surface area contributed by atoms with Gasteiger partial charge < -0.3 is 89.9 Å². The fraction of sp³-hybridized carbons (Fsp3) is 0.902. The van der Waals surface area contributed by atoms with Crippen LogP contribution in [-0.2, 0) is 33.2 Å². The third kappa shape index (κ3) is 21.6. The van der Waals surface area contributed by atoms with Gasteiger partial charge in [0.05, 0.1) is 38.6 Å². The maximum absolute atomic E-state index is 12.8. The third-order valence-corrected chi connectivity index (χ3v) is 13.5. The van der Waals surface area contributed by atoms with Gasteiger partial charge >= 0.3 is 0 Å². The first kappa shape index (κ1) is 62.6. The van der Waals surface area contributed by atoms with Crippen LogP contribution in [0.4, 0.5) is 0 Å². The van der Waals surface area contributed by atoms with E-state index >= 15 is 0 Å². The zero-order chi connectivity index (χ0) is 51.3. The number of ether oxygens (including phenoxy) is 6. The minimum Gasteiger partial charge on any atom is -0.394 e. The predicted octanol–water partition coefficient (Wildman–Crippen LogP) is 2.42. The summed E-state index contributed by atoms with van der Waals surface area (Å²) >= 11 is 0. The lowest BCUT2D eigenvalue weighted by atomic mass is 9.96. The molecule has 0 spiro atoms. The van der Waals surface area contributed by atoms with Crippen molar-refractivity contribution in [3.63, 3.8) is 0 Å². The zero-order valence-electron chi connectivity index (χ0n) is 42.0. The van der Waals surface area contributed by atoms with Crippen LogP contribution >= 0.6 is 0 Å². The Kier molecular flexibility index (Phi) is 32.4. The van der Waals surface area contributed by atoms with Crippen LogP contribution in [0.1, 0.15) is 162 Å². The predicted molar refractivity (Wildman–Crippen MR) is 259 cm³/mol. The summed E-state index contributed by atoms with van der Waals surface area (Å²) in [5.41, 5.74) is 0. The monoisotopic (exact) mass is 1010 g/mol. The Morgan fingerprint density at radius 3 is 1.41 bits per heavy atom. The lowest BCUT2D eigenvalue weighted by molar-refractivity contribution is -0.379. The summed E-state index contributed by atoms with van der Waals surface area (Å²) in [6.07, 6.45) is 7.78. The first-order chi connectivity index (χ1) is 33.8. The van der Waals surface area contributed by atoms with E-state index in [-0.39, 0.29) is 18.9 Å². The minimum absolute atomic E-state index is 0.210. The average molecular weight is 1010 g/mol. The fourth-order valence-corrected chi connectivity index (χ4v) is 9.01. The standard InChI is InChI=1S/C51H93NO18/c1-3-5-7-8-9-10-11-12-13-14-15-16-17-18-19-20-21-22-23-24-25-26-27-28-35(56)34(52-39(57)29-6-4-2)33-65-49-45(63)42(60)47(37(31-54)67-49)70-51-46(64)43(61)48(38(32-55)68-51)69-50-44(62)41(59)40(58)36(30-53)66-50/h23-24,27-28,34-38,40-51,53-56,58-64H,3-22,25-26,29-33H2,1-2H3,(H,52,57)/b24-23+,28-27+. The largest absolute Gasteiger partial charge is 0.394 e. The molecule has 410 valence electrons. The van der Waals surface area contributed by atoms with Crippen molar-refractivity contribution in [2.75, 3.05) is 26.4 Å². The van der Waals surface area contributed by atoms with Gasteiger partial charge in [-0.2, -0.15) is 0 Å². The molecule has 3 aliphatic rings. The van der Waals surface area contributed by atoms with E-state index in [4.69, 9.17) is 28.4 Å². The molecule has 0 saturated carbocycles. The summed E-state index contributed by atoms with van der Waals surface area (Å²) in [4.78, 5) is 12.8. The lowest BCUT2D eigenvalue weighted by Gasteiger charge is -2.48. The molecule has 12 N–H and O–H groups in total. The number of carbonyl (C=O) groups is 1. The van der Waals surface area contributed by atoms with Gasteiger partial charge in [0.1, 0.15) is 73.2 Å². The number of amides is 1. The number of hydrogen-bond acceptors (Lipinski definition) is 18. The first-order valence-corrected chi connectivity index (χ1v) is 26.6. The van der Waals surface area contributed by atoms with Crippen LogP contribution in [0.3, 0.4) is 0 Å². The van der Waals surface area contributed by atoms with E-state index in [9.17, 15) is 61.0 Å². The molecule has 17 atom stereocenters. The van der Waals surface area contributed by atoms with Crippen molar-refractivity contribution in [1.29, 1.82) is 0 Å².